The lowest BCUT2D eigenvalue weighted by molar-refractivity contribution is -0.140. The Morgan fingerprint density at radius 1 is 1.58 bits per heavy atom. The van der Waals surface area contributed by atoms with Gasteiger partial charge in [0, 0.05) is 5.92 Å². The maximum Gasteiger partial charge on any atom is 0.314 e. The van der Waals surface area contributed by atoms with Crippen LogP contribution in [0.4, 0.5) is 0 Å². The van der Waals surface area contributed by atoms with E-state index in [1.807, 2.05) is 13.8 Å². The van der Waals surface area contributed by atoms with Crippen LogP contribution in [0.1, 0.15) is 13.8 Å². The number of esters is 1. The minimum atomic E-state index is -0.0544. The number of hydrogen-bond donors (Lipinski definition) is 0. The first-order valence-corrected chi connectivity index (χ1v) is 4.22. The van der Waals surface area contributed by atoms with E-state index in [-0.39, 0.29) is 11.9 Å². The highest BCUT2D eigenvalue weighted by Crippen LogP contribution is 2.37. The van der Waals surface area contributed by atoms with E-state index < -0.39 is 0 Å². The molecule has 0 saturated carbocycles. The van der Waals surface area contributed by atoms with Gasteiger partial charge in [-0.1, -0.05) is 17.7 Å². The zero-order valence-corrected chi connectivity index (χ0v) is 7.33. The van der Waals surface area contributed by atoms with Crippen molar-refractivity contribution in [1.29, 1.82) is 0 Å². The molecule has 2 atom stereocenters. The molecule has 2 aliphatic rings. The summed E-state index contributed by atoms with van der Waals surface area (Å²) in [5.74, 6) is 0.263. The number of allylic oxidation sites excluding steroid dienone is 2. The smallest absolute Gasteiger partial charge is 0.314 e. The third-order valence-electron chi connectivity index (χ3n) is 2.54. The van der Waals surface area contributed by atoms with Gasteiger partial charge in [0.1, 0.15) is 0 Å². The Morgan fingerprint density at radius 2 is 2.33 bits per heavy atom. The van der Waals surface area contributed by atoms with E-state index >= 15 is 0 Å². The third kappa shape index (κ3) is 0.909. The van der Waals surface area contributed by atoms with Gasteiger partial charge in [0.2, 0.25) is 0 Å². The van der Waals surface area contributed by atoms with E-state index in [0.29, 0.717) is 12.5 Å². The van der Waals surface area contributed by atoms with Crippen molar-refractivity contribution in [2.45, 2.75) is 13.8 Å². The first-order valence-electron chi connectivity index (χ1n) is 4.22. The predicted octanol–water partition coefficient (Wildman–Crippen LogP) is 1.68. The van der Waals surface area contributed by atoms with Crippen molar-refractivity contribution in [2.75, 3.05) is 6.61 Å². The van der Waals surface area contributed by atoms with Crippen LogP contribution in [0.3, 0.4) is 0 Å². The Kier molecular flexibility index (Phi) is 1.56. The van der Waals surface area contributed by atoms with Gasteiger partial charge in [-0.3, -0.25) is 4.79 Å². The molecule has 0 aromatic carbocycles. The molecule has 1 heterocycles. The van der Waals surface area contributed by atoms with Gasteiger partial charge in [0.25, 0.3) is 0 Å². The highest BCUT2D eigenvalue weighted by atomic mass is 16.5. The van der Waals surface area contributed by atoms with Crippen LogP contribution in [0.5, 0.6) is 0 Å². The van der Waals surface area contributed by atoms with E-state index in [1.165, 1.54) is 5.57 Å². The quantitative estimate of drug-likeness (QED) is 0.509. The number of cyclic esters (lactones) is 1. The molecule has 2 rings (SSSR count). The normalized spacial score (nSPS) is 32.2. The Morgan fingerprint density at radius 3 is 3.00 bits per heavy atom. The first-order chi connectivity index (χ1) is 5.70. The molecule has 0 bridgehead atoms. The summed E-state index contributed by atoms with van der Waals surface area (Å²) in [6.45, 7) is 4.64. The van der Waals surface area contributed by atoms with Crippen LogP contribution in [-0.4, -0.2) is 12.6 Å². The molecule has 1 aliphatic heterocycles. The average Bonchev–Trinajstić information content (AvgIpc) is 2.53. The third-order valence-corrected chi connectivity index (χ3v) is 2.54. The molecule has 0 aromatic heterocycles. The minimum absolute atomic E-state index is 0.00926. The zero-order valence-electron chi connectivity index (χ0n) is 7.33. The van der Waals surface area contributed by atoms with Crippen molar-refractivity contribution >= 4 is 5.97 Å². The van der Waals surface area contributed by atoms with E-state index in [1.54, 1.807) is 0 Å². The molecule has 1 saturated heterocycles. The molecule has 2 nitrogen and oxygen atoms in total. The van der Waals surface area contributed by atoms with Gasteiger partial charge in [-0.25, -0.2) is 0 Å². The van der Waals surface area contributed by atoms with Crippen LogP contribution in [0.2, 0.25) is 0 Å². The molecular formula is C10H12O2. The Balaban J connectivity index is 2.38. The lowest BCUT2D eigenvalue weighted by Crippen LogP contribution is -2.12. The lowest BCUT2D eigenvalue weighted by Gasteiger charge is -2.06. The minimum Gasteiger partial charge on any atom is -0.465 e. The summed E-state index contributed by atoms with van der Waals surface area (Å²) in [5, 5.41) is 0. The van der Waals surface area contributed by atoms with Crippen molar-refractivity contribution in [1.82, 2.24) is 0 Å². The lowest BCUT2D eigenvalue weighted by atomic mass is 9.93. The van der Waals surface area contributed by atoms with Crippen molar-refractivity contribution < 1.29 is 9.53 Å². The van der Waals surface area contributed by atoms with Gasteiger partial charge in [-0.15, -0.1) is 0 Å². The number of fused-ring (bicyclic) bond motifs is 1. The molecule has 2 heteroatoms. The second kappa shape index (κ2) is 2.47. The van der Waals surface area contributed by atoms with Gasteiger partial charge in [-0.05, 0) is 19.4 Å². The van der Waals surface area contributed by atoms with E-state index in [2.05, 4.69) is 12.2 Å². The number of ether oxygens (including phenoxy) is 1. The van der Waals surface area contributed by atoms with Crippen LogP contribution in [0, 0.1) is 11.8 Å². The number of hydrogen-bond acceptors (Lipinski definition) is 2. The maximum atomic E-state index is 11.3. The number of rotatable bonds is 0. The van der Waals surface area contributed by atoms with Crippen molar-refractivity contribution in [3.05, 3.63) is 23.3 Å². The molecule has 0 unspecified atom stereocenters. The van der Waals surface area contributed by atoms with Crippen LogP contribution in [0.25, 0.3) is 0 Å². The Labute approximate surface area is 71.9 Å². The zero-order chi connectivity index (χ0) is 8.72. The molecule has 0 aromatic rings. The number of carbonyl (C=O) groups is 1. The van der Waals surface area contributed by atoms with Crippen molar-refractivity contribution in [2.24, 2.45) is 11.8 Å². The molecule has 0 spiro atoms. The second-order valence-corrected chi connectivity index (χ2v) is 3.59. The fourth-order valence-electron chi connectivity index (χ4n) is 1.87. The van der Waals surface area contributed by atoms with E-state index in [0.717, 1.165) is 5.57 Å². The molecular weight excluding hydrogens is 152 g/mol. The van der Waals surface area contributed by atoms with Crippen LogP contribution in [0.15, 0.2) is 23.3 Å². The molecule has 1 fully saturated rings. The van der Waals surface area contributed by atoms with Gasteiger partial charge in [-0.2, -0.15) is 0 Å². The van der Waals surface area contributed by atoms with Gasteiger partial charge in [0.05, 0.1) is 12.5 Å². The highest BCUT2D eigenvalue weighted by Gasteiger charge is 2.40. The van der Waals surface area contributed by atoms with Crippen LogP contribution in [-0.2, 0) is 9.53 Å². The standard InChI is InChI=1S/C10H12O2/c1-6(2)8-4-3-7-5-12-10(11)9(7)8/h3-4,7,9H,5H2,1-2H3/t7-,9+/m1/s1. The Hall–Kier alpha value is -1.05. The molecule has 1 aliphatic carbocycles. The number of carbonyl (C=O) groups excluding carboxylic acids is 1. The molecule has 0 amide bonds. The largest absolute Gasteiger partial charge is 0.465 e. The fraction of sp³-hybridized carbons (Fsp3) is 0.500. The van der Waals surface area contributed by atoms with Crippen LogP contribution >= 0.6 is 0 Å². The monoisotopic (exact) mass is 164 g/mol. The first kappa shape index (κ1) is 7.59. The SMILES string of the molecule is CC(C)=C1C=C[C@@H]2COC(=O)[C@H]12. The molecule has 0 radical (unpaired) electrons. The topological polar surface area (TPSA) is 26.3 Å². The summed E-state index contributed by atoms with van der Waals surface area (Å²) in [5.41, 5.74) is 2.38. The second-order valence-electron chi connectivity index (χ2n) is 3.59. The average molecular weight is 164 g/mol. The summed E-state index contributed by atoms with van der Waals surface area (Å²) in [6, 6.07) is 0. The van der Waals surface area contributed by atoms with Crippen LogP contribution < -0.4 is 0 Å². The maximum absolute atomic E-state index is 11.3. The Bertz CT molecular complexity index is 282. The van der Waals surface area contributed by atoms with Gasteiger partial charge >= 0.3 is 5.97 Å². The van der Waals surface area contributed by atoms with E-state index in [4.69, 9.17) is 4.74 Å². The summed E-state index contributed by atoms with van der Waals surface area (Å²) in [6.07, 6.45) is 4.14. The van der Waals surface area contributed by atoms with Crippen molar-refractivity contribution in [3.8, 4) is 0 Å². The summed E-state index contributed by atoms with van der Waals surface area (Å²) < 4.78 is 4.98. The predicted molar refractivity (Wildman–Crippen MR) is 45.5 cm³/mol. The molecule has 12 heavy (non-hydrogen) atoms. The van der Waals surface area contributed by atoms with E-state index in [9.17, 15) is 4.79 Å². The molecule has 64 valence electrons. The summed E-state index contributed by atoms with van der Waals surface area (Å²) in [4.78, 5) is 11.3. The van der Waals surface area contributed by atoms with Gasteiger partial charge < -0.3 is 4.74 Å². The van der Waals surface area contributed by atoms with Gasteiger partial charge in [0.15, 0.2) is 0 Å². The highest BCUT2D eigenvalue weighted by molar-refractivity contribution is 5.81. The summed E-state index contributed by atoms with van der Waals surface area (Å²) in [7, 11) is 0. The molecule has 0 N–H and O–H groups in total. The fourth-order valence-corrected chi connectivity index (χ4v) is 1.87. The summed E-state index contributed by atoms with van der Waals surface area (Å²) >= 11 is 0. The van der Waals surface area contributed by atoms with Crippen molar-refractivity contribution in [3.63, 3.8) is 0 Å².